The van der Waals surface area contributed by atoms with Crippen molar-refractivity contribution in [2.75, 3.05) is 5.73 Å². The number of esters is 1. The molecular weight excluding hydrogens is 202 g/mol. The highest BCUT2D eigenvalue weighted by molar-refractivity contribution is 5.80. The molecule has 0 unspecified atom stereocenters. The molecule has 1 aromatic carbocycles. The Bertz CT molecular complexity index is 374. The predicted octanol–water partition coefficient (Wildman–Crippen LogP) is 2.75. The summed E-state index contributed by atoms with van der Waals surface area (Å²) in [5.74, 6) is 0.491. The molecule has 0 saturated heterocycles. The van der Waals surface area contributed by atoms with Crippen molar-refractivity contribution in [1.29, 1.82) is 0 Å². The van der Waals surface area contributed by atoms with Crippen molar-refractivity contribution in [2.24, 2.45) is 5.41 Å². The number of benzene rings is 1. The molecule has 3 heteroatoms. The van der Waals surface area contributed by atoms with Gasteiger partial charge in [0.15, 0.2) is 0 Å². The summed E-state index contributed by atoms with van der Waals surface area (Å²) in [4.78, 5) is 12.0. The van der Waals surface area contributed by atoms with Gasteiger partial charge in [0, 0.05) is 5.69 Å². The third-order valence-corrected chi connectivity index (χ3v) is 3.51. The summed E-state index contributed by atoms with van der Waals surface area (Å²) in [6.45, 7) is 2.05. The van der Waals surface area contributed by atoms with Crippen LogP contribution in [0.1, 0.15) is 32.6 Å². The smallest absolute Gasteiger partial charge is 0.317 e. The molecule has 1 aliphatic rings. The molecule has 86 valence electrons. The standard InChI is InChI=1S/C13H17NO2/c1-2-13(8-3-9-13)12(15)16-11-6-4-10(14)5-7-11/h4-7H,2-3,8-9,14H2,1H3. The number of nitrogens with two attached hydrogens (primary N) is 1. The first-order valence-electron chi connectivity index (χ1n) is 5.74. The molecule has 1 saturated carbocycles. The van der Waals surface area contributed by atoms with Crippen molar-refractivity contribution in [3.8, 4) is 5.75 Å². The number of carbonyl (C=O) groups excluding carboxylic acids is 1. The van der Waals surface area contributed by atoms with E-state index in [0.717, 1.165) is 25.7 Å². The van der Waals surface area contributed by atoms with Crippen molar-refractivity contribution >= 4 is 11.7 Å². The molecular formula is C13H17NO2. The van der Waals surface area contributed by atoms with Crippen LogP contribution in [0.2, 0.25) is 0 Å². The number of nitrogen functional groups attached to an aromatic ring is 1. The van der Waals surface area contributed by atoms with Crippen molar-refractivity contribution in [3.05, 3.63) is 24.3 Å². The maximum Gasteiger partial charge on any atom is 0.317 e. The maximum atomic E-state index is 12.0. The average Bonchev–Trinajstić information content (AvgIpc) is 2.21. The highest BCUT2D eigenvalue weighted by atomic mass is 16.5. The van der Waals surface area contributed by atoms with Crippen LogP contribution in [0.15, 0.2) is 24.3 Å². The minimum atomic E-state index is -0.221. The summed E-state index contributed by atoms with van der Waals surface area (Å²) in [6, 6.07) is 6.94. The van der Waals surface area contributed by atoms with Gasteiger partial charge in [-0.1, -0.05) is 13.3 Å². The fraction of sp³-hybridized carbons (Fsp3) is 0.462. The molecule has 0 aromatic heterocycles. The molecule has 0 aliphatic heterocycles. The molecule has 1 fully saturated rings. The fourth-order valence-corrected chi connectivity index (χ4v) is 2.06. The lowest BCUT2D eigenvalue weighted by Gasteiger charge is -2.38. The van der Waals surface area contributed by atoms with E-state index in [2.05, 4.69) is 0 Å². The Balaban J connectivity index is 2.04. The summed E-state index contributed by atoms with van der Waals surface area (Å²) >= 11 is 0. The minimum absolute atomic E-state index is 0.0916. The van der Waals surface area contributed by atoms with E-state index in [9.17, 15) is 4.79 Å². The second kappa shape index (κ2) is 4.16. The van der Waals surface area contributed by atoms with Crippen LogP contribution in [0.25, 0.3) is 0 Å². The van der Waals surface area contributed by atoms with Crippen molar-refractivity contribution in [3.63, 3.8) is 0 Å². The van der Waals surface area contributed by atoms with E-state index >= 15 is 0 Å². The van der Waals surface area contributed by atoms with Crippen LogP contribution in [0, 0.1) is 5.41 Å². The third kappa shape index (κ3) is 1.90. The van der Waals surface area contributed by atoms with Gasteiger partial charge in [0.05, 0.1) is 5.41 Å². The highest BCUT2D eigenvalue weighted by Crippen LogP contribution is 2.44. The van der Waals surface area contributed by atoms with Crippen molar-refractivity contribution in [2.45, 2.75) is 32.6 Å². The zero-order chi connectivity index (χ0) is 11.6. The normalized spacial score (nSPS) is 17.6. The van der Waals surface area contributed by atoms with Crippen LogP contribution >= 0.6 is 0 Å². The number of carbonyl (C=O) groups is 1. The summed E-state index contributed by atoms with van der Waals surface area (Å²) < 4.78 is 5.37. The summed E-state index contributed by atoms with van der Waals surface area (Å²) in [7, 11) is 0. The fourth-order valence-electron chi connectivity index (χ4n) is 2.06. The number of rotatable bonds is 3. The van der Waals surface area contributed by atoms with Gasteiger partial charge in [0.1, 0.15) is 5.75 Å². The van der Waals surface area contributed by atoms with Gasteiger partial charge in [-0.25, -0.2) is 0 Å². The Morgan fingerprint density at radius 1 is 1.38 bits per heavy atom. The van der Waals surface area contributed by atoms with E-state index in [1.807, 2.05) is 6.92 Å². The number of hydrogen-bond donors (Lipinski definition) is 1. The molecule has 0 heterocycles. The first-order chi connectivity index (χ1) is 7.66. The Labute approximate surface area is 95.6 Å². The molecule has 16 heavy (non-hydrogen) atoms. The molecule has 0 atom stereocenters. The van der Waals surface area contributed by atoms with E-state index in [1.54, 1.807) is 24.3 Å². The highest BCUT2D eigenvalue weighted by Gasteiger charge is 2.44. The van der Waals surface area contributed by atoms with Gasteiger partial charge in [-0.2, -0.15) is 0 Å². The molecule has 0 bridgehead atoms. The van der Waals surface area contributed by atoms with Crippen LogP contribution in [0.5, 0.6) is 5.75 Å². The van der Waals surface area contributed by atoms with Gasteiger partial charge in [-0.05, 0) is 43.5 Å². The lowest BCUT2D eigenvalue weighted by molar-refractivity contribution is -0.151. The molecule has 0 spiro atoms. The van der Waals surface area contributed by atoms with Crippen LogP contribution in [0.4, 0.5) is 5.69 Å². The van der Waals surface area contributed by atoms with E-state index < -0.39 is 0 Å². The van der Waals surface area contributed by atoms with Crippen LogP contribution in [0.3, 0.4) is 0 Å². The van der Waals surface area contributed by atoms with Gasteiger partial charge < -0.3 is 10.5 Å². The summed E-state index contributed by atoms with van der Waals surface area (Å²) in [5, 5.41) is 0. The molecule has 1 aromatic rings. The second-order valence-electron chi connectivity index (χ2n) is 4.45. The molecule has 0 amide bonds. The van der Waals surface area contributed by atoms with E-state index in [0.29, 0.717) is 11.4 Å². The topological polar surface area (TPSA) is 52.3 Å². The maximum absolute atomic E-state index is 12.0. The van der Waals surface area contributed by atoms with Crippen LogP contribution in [-0.2, 0) is 4.79 Å². The summed E-state index contributed by atoms with van der Waals surface area (Å²) in [5.41, 5.74) is 6.02. The molecule has 0 radical (unpaired) electrons. The van der Waals surface area contributed by atoms with Crippen molar-refractivity contribution < 1.29 is 9.53 Å². The molecule has 1 aliphatic carbocycles. The van der Waals surface area contributed by atoms with Gasteiger partial charge >= 0.3 is 5.97 Å². The Kier molecular flexibility index (Phi) is 2.86. The lowest BCUT2D eigenvalue weighted by Crippen LogP contribution is -2.40. The van der Waals surface area contributed by atoms with Gasteiger partial charge in [-0.15, -0.1) is 0 Å². The van der Waals surface area contributed by atoms with Crippen LogP contribution in [-0.4, -0.2) is 5.97 Å². The van der Waals surface area contributed by atoms with E-state index in [1.165, 1.54) is 0 Å². The van der Waals surface area contributed by atoms with Gasteiger partial charge in [0.25, 0.3) is 0 Å². The molecule has 2 N–H and O–H groups in total. The molecule has 2 rings (SSSR count). The monoisotopic (exact) mass is 219 g/mol. The zero-order valence-electron chi connectivity index (χ0n) is 9.53. The zero-order valence-corrected chi connectivity index (χ0v) is 9.53. The first kappa shape index (κ1) is 11.0. The largest absolute Gasteiger partial charge is 0.426 e. The minimum Gasteiger partial charge on any atom is -0.426 e. The van der Waals surface area contributed by atoms with Gasteiger partial charge in [-0.3, -0.25) is 4.79 Å². The van der Waals surface area contributed by atoms with E-state index in [4.69, 9.17) is 10.5 Å². The number of ether oxygens (including phenoxy) is 1. The second-order valence-corrected chi connectivity index (χ2v) is 4.45. The Morgan fingerprint density at radius 3 is 2.44 bits per heavy atom. The SMILES string of the molecule is CCC1(C(=O)Oc2ccc(N)cc2)CCC1. The third-order valence-electron chi connectivity index (χ3n) is 3.51. The van der Waals surface area contributed by atoms with Crippen LogP contribution < -0.4 is 10.5 Å². The summed E-state index contributed by atoms with van der Waals surface area (Å²) in [6.07, 6.45) is 3.90. The quantitative estimate of drug-likeness (QED) is 0.483. The first-order valence-corrected chi connectivity index (χ1v) is 5.74. The Hall–Kier alpha value is -1.51. The average molecular weight is 219 g/mol. The predicted molar refractivity (Wildman–Crippen MR) is 63.1 cm³/mol. The van der Waals surface area contributed by atoms with Crippen molar-refractivity contribution in [1.82, 2.24) is 0 Å². The Morgan fingerprint density at radius 2 is 2.00 bits per heavy atom. The van der Waals surface area contributed by atoms with Gasteiger partial charge in [0.2, 0.25) is 0 Å². The van der Waals surface area contributed by atoms with E-state index in [-0.39, 0.29) is 11.4 Å². The lowest BCUT2D eigenvalue weighted by atomic mass is 9.67. The number of hydrogen-bond acceptors (Lipinski definition) is 3. The molecule has 3 nitrogen and oxygen atoms in total. The number of anilines is 1.